The van der Waals surface area contributed by atoms with Crippen molar-refractivity contribution in [1.29, 1.82) is 0 Å². The lowest BCUT2D eigenvalue weighted by Crippen LogP contribution is -2.36. The fourth-order valence-electron chi connectivity index (χ4n) is 1.89. The molecule has 0 saturated heterocycles. The summed E-state index contributed by atoms with van der Waals surface area (Å²) in [7, 11) is 0. The molecule has 1 amide bonds. The fourth-order valence-corrected chi connectivity index (χ4v) is 1.95. The van der Waals surface area contributed by atoms with Crippen molar-refractivity contribution in [2.24, 2.45) is 0 Å². The van der Waals surface area contributed by atoms with Gasteiger partial charge in [0, 0.05) is 6.54 Å². The Balaban J connectivity index is 2.15. The minimum atomic E-state index is -0.514. The number of rotatable bonds is 2. The van der Waals surface area contributed by atoms with Gasteiger partial charge in [-0.05, 0) is 26.7 Å². The van der Waals surface area contributed by atoms with Gasteiger partial charge in [0.25, 0.3) is 0 Å². The van der Waals surface area contributed by atoms with Crippen LogP contribution >= 0.6 is 11.6 Å². The van der Waals surface area contributed by atoms with Crippen LogP contribution < -0.4 is 5.32 Å². The Labute approximate surface area is 99.2 Å². The summed E-state index contributed by atoms with van der Waals surface area (Å²) in [6.45, 7) is 4.39. The molecule has 1 aromatic rings. The molecule has 0 bridgehead atoms. The molecule has 88 valence electrons. The third-order valence-corrected chi connectivity index (χ3v) is 2.86. The molecule has 0 aliphatic carbocycles. The van der Waals surface area contributed by atoms with Crippen molar-refractivity contribution < 1.29 is 4.79 Å². The van der Waals surface area contributed by atoms with Gasteiger partial charge in [0.1, 0.15) is 17.0 Å². The fraction of sp³-hybridized carbons (Fsp3) is 0.700. The van der Waals surface area contributed by atoms with Crippen molar-refractivity contribution in [3.05, 3.63) is 11.6 Å². The molecule has 6 heteroatoms. The predicted octanol–water partition coefficient (Wildman–Crippen LogP) is 1.16. The highest BCUT2D eigenvalue weighted by molar-refractivity contribution is 6.30. The lowest BCUT2D eigenvalue weighted by atomic mass is 10.1. The molecule has 1 aliphatic heterocycles. The summed E-state index contributed by atoms with van der Waals surface area (Å²) in [4.78, 5) is 15.9. The standard InChI is InChI=1S/C10H15ClN4O/c1-6(11)10(16)13-8-4-3-5-15-9(8)12-7(2)14-15/h6,8H,3-5H2,1-2H3,(H,13,16). The number of aryl methyl sites for hydroxylation is 2. The Kier molecular flexibility index (Phi) is 3.14. The second-order valence-electron chi connectivity index (χ2n) is 4.06. The van der Waals surface area contributed by atoms with Crippen LogP contribution in [0.3, 0.4) is 0 Å². The van der Waals surface area contributed by atoms with E-state index in [2.05, 4.69) is 15.4 Å². The average Bonchev–Trinajstić information content (AvgIpc) is 2.59. The Hall–Kier alpha value is -1.10. The molecule has 1 aromatic heterocycles. The van der Waals surface area contributed by atoms with Gasteiger partial charge in [-0.2, -0.15) is 5.10 Å². The lowest BCUT2D eigenvalue weighted by molar-refractivity contribution is -0.121. The van der Waals surface area contributed by atoms with Gasteiger partial charge in [-0.25, -0.2) is 9.67 Å². The first-order chi connectivity index (χ1) is 7.58. The average molecular weight is 243 g/mol. The van der Waals surface area contributed by atoms with Crippen LogP contribution in [-0.2, 0) is 11.3 Å². The van der Waals surface area contributed by atoms with Crippen LogP contribution in [-0.4, -0.2) is 26.0 Å². The van der Waals surface area contributed by atoms with Crippen LogP contribution in [0.2, 0.25) is 0 Å². The van der Waals surface area contributed by atoms with E-state index in [1.165, 1.54) is 0 Å². The molecule has 1 aliphatic rings. The van der Waals surface area contributed by atoms with Crippen LogP contribution in [0.5, 0.6) is 0 Å². The molecule has 0 fully saturated rings. The van der Waals surface area contributed by atoms with Gasteiger partial charge in [0.2, 0.25) is 5.91 Å². The number of carbonyl (C=O) groups excluding carboxylic acids is 1. The molecule has 2 heterocycles. The van der Waals surface area contributed by atoms with E-state index >= 15 is 0 Å². The molecule has 0 aromatic carbocycles. The number of hydrogen-bond acceptors (Lipinski definition) is 3. The number of amides is 1. The zero-order valence-electron chi connectivity index (χ0n) is 9.40. The number of alkyl halides is 1. The molecule has 2 rings (SSSR count). The third kappa shape index (κ3) is 2.19. The highest BCUT2D eigenvalue weighted by Crippen LogP contribution is 2.23. The Morgan fingerprint density at radius 1 is 1.69 bits per heavy atom. The largest absolute Gasteiger partial charge is 0.345 e. The summed E-state index contributed by atoms with van der Waals surface area (Å²) in [5, 5.41) is 6.65. The minimum Gasteiger partial charge on any atom is -0.345 e. The molecule has 5 nitrogen and oxygen atoms in total. The number of aromatic nitrogens is 3. The molecule has 16 heavy (non-hydrogen) atoms. The van der Waals surface area contributed by atoms with Gasteiger partial charge in [-0.15, -0.1) is 11.6 Å². The van der Waals surface area contributed by atoms with E-state index in [0.29, 0.717) is 0 Å². The summed E-state index contributed by atoms with van der Waals surface area (Å²) >= 11 is 5.72. The molecule has 0 saturated carbocycles. The maximum atomic E-state index is 11.5. The Morgan fingerprint density at radius 2 is 2.44 bits per heavy atom. The number of nitrogens with zero attached hydrogens (tertiary/aromatic N) is 3. The van der Waals surface area contributed by atoms with Crippen LogP contribution in [0.4, 0.5) is 0 Å². The van der Waals surface area contributed by atoms with E-state index in [1.54, 1.807) is 6.92 Å². The molecular weight excluding hydrogens is 228 g/mol. The van der Waals surface area contributed by atoms with Gasteiger partial charge in [0.15, 0.2) is 0 Å². The van der Waals surface area contributed by atoms with E-state index < -0.39 is 5.38 Å². The van der Waals surface area contributed by atoms with Gasteiger partial charge >= 0.3 is 0 Å². The van der Waals surface area contributed by atoms with E-state index in [4.69, 9.17) is 11.6 Å². The number of nitrogens with one attached hydrogen (secondary N) is 1. The second-order valence-corrected chi connectivity index (χ2v) is 4.71. The van der Waals surface area contributed by atoms with E-state index in [1.807, 2.05) is 11.6 Å². The smallest absolute Gasteiger partial charge is 0.238 e. The van der Waals surface area contributed by atoms with Gasteiger partial charge in [0.05, 0.1) is 6.04 Å². The van der Waals surface area contributed by atoms with Crippen LogP contribution in [0.15, 0.2) is 0 Å². The summed E-state index contributed by atoms with van der Waals surface area (Å²) < 4.78 is 1.86. The Bertz CT molecular complexity index is 402. The van der Waals surface area contributed by atoms with Crippen molar-refractivity contribution >= 4 is 17.5 Å². The summed E-state index contributed by atoms with van der Waals surface area (Å²) in [5.74, 6) is 1.44. The first kappa shape index (κ1) is 11.4. The van der Waals surface area contributed by atoms with Crippen LogP contribution in [0, 0.1) is 6.92 Å². The van der Waals surface area contributed by atoms with E-state index in [-0.39, 0.29) is 11.9 Å². The quantitative estimate of drug-likeness (QED) is 0.792. The zero-order chi connectivity index (χ0) is 11.7. The van der Waals surface area contributed by atoms with Crippen molar-refractivity contribution in [3.8, 4) is 0 Å². The second kappa shape index (κ2) is 4.41. The molecular formula is C10H15ClN4O. The number of halogens is 1. The topological polar surface area (TPSA) is 59.8 Å². The first-order valence-corrected chi connectivity index (χ1v) is 5.87. The number of carbonyl (C=O) groups is 1. The van der Waals surface area contributed by atoms with Crippen molar-refractivity contribution in [1.82, 2.24) is 20.1 Å². The number of fused-ring (bicyclic) bond motifs is 1. The van der Waals surface area contributed by atoms with Crippen molar-refractivity contribution in [3.63, 3.8) is 0 Å². The van der Waals surface area contributed by atoms with Gasteiger partial charge in [-0.3, -0.25) is 4.79 Å². The molecule has 0 radical (unpaired) electrons. The monoisotopic (exact) mass is 242 g/mol. The van der Waals surface area contributed by atoms with E-state index in [9.17, 15) is 4.79 Å². The third-order valence-electron chi connectivity index (χ3n) is 2.66. The molecule has 0 spiro atoms. The van der Waals surface area contributed by atoms with E-state index in [0.717, 1.165) is 31.0 Å². The maximum absolute atomic E-state index is 11.5. The minimum absolute atomic E-state index is 0.0522. The van der Waals surface area contributed by atoms with Crippen molar-refractivity contribution in [2.45, 2.75) is 44.7 Å². The number of hydrogen-bond donors (Lipinski definition) is 1. The van der Waals surface area contributed by atoms with Crippen molar-refractivity contribution in [2.75, 3.05) is 0 Å². The highest BCUT2D eigenvalue weighted by Gasteiger charge is 2.25. The van der Waals surface area contributed by atoms with Gasteiger partial charge < -0.3 is 5.32 Å². The predicted molar refractivity (Wildman–Crippen MR) is 60.2 cm³/mol. The van der Waals surface area contributed by atoms with Gasteiger partial charge in [-0.1, -0.05) is 0 Å². The first-order valence-electron chi connectivity index (χ1n) is 5.43. The summed E-state index contributed by atoms with van der Waals surface area (Å²) in [6.07, 6.45) is 1.89. The highest BCUT2D eigenvalue weighted by atomic mass is 35.5. The Morgan fingerprint density at radius 3 is 3.12 bits per heavy atom. The summed E-state index contributed by atoms with van der Waals surface area (Å²) in [6, 6.07) is -0.0522. The molecule has 2 unspecified atom stereocenters. The van der Waals surface area contributed by atoms with Crippen LogP contribution in [0.25, 0.3) is 0 Å². The molecule has 1 N–H and O–H groups in total. The lowest BCUT2D eigenvalue weighted by Gasteiger charge is -2.23. The molecule has 2 atom stereocenters. The SMILES string of the molecule is Cc1nc2n(n1)CCCC2NC(=O)C(C)Cl. The zero-order valence-corrected chi connectivity index (χ0v) is 10.2. The maximum Gasteiger partial charge on any atom is 0.238 e. The van der Waals surface area contributed by atoms with Crippen LogP contribution in [0.1, 0.15) is 37.5 Å². The normalized spacial score (nSPS) is 21.3. The summed E-state index contributed by atoms with van der Waals surface area (Å²) in [5.41, 5.74) is 0.